The van der Waals surface area contributed by atoms with E-state index in [-0.39, 0.29) is 6.54 Å². The van der Waals surface area contributed by atoms with Gasteiger partial charge in [-0.15, -0.1) is 0 Å². The number of aliphatic carboxylic acids is 1. The summed E-state index contributed by atoms with van der Waals surface area (Å²) >= 11 is 4.88. The molecule has 5 heteroatoms. The topological polar surface area (TPSA) is 46.6 Å². The van der Waals surface area contributed by atoms with E-state index < -0.39 is 5.97 Å². The molecule has 0 saturated heterocycles. The van der Waals surface area contributed by atoms with Gasteiger partial charge in [-0.1, -0.05) is 0 Å². The molecule has 0 aromatic heterocycles. The standard InChI is InChI=1S/C6H12N2O2S/c1-7(2)6(11)8(3)4-5(9)10/h4H2,1-3H3,(H,9,10)/p-1. The number of carbonyl (C=O) groups is 1. The largest absolute Gasteiger partial charge is 0.548 e. The molecule has 0 spiro atoms. The molecular formula is C6H11N2O2S-. The summed E-state index contributed by atoms with van der Waals surface area (Å²) in [5.74, 6) is -1.13. The molecule has 0 fully saturated rings. The van der Waals surface area contributed by atoms with E-state index in [1.54, 1.807) is 26.0 Å². The van der Waals surface area contributed by atoms with E-state index in [4.69, 9.17) is 12.2 Å². The van der Waals surface area contributed by atoms with Gasteiger partial charge in [0.2, 0.25) is 0 Å². The highest BCUT2D eigenvalue weighted by Gasteiger charge is 2.04. The van der Waals surface area contributed by atoms with Gasteiger partial charge in [0.1, 0.15) is 0 Å². The number of nitrogens with zero attached hydrogens (tertiary/aromatic N) is 2. The van der Waals surface area contributed by atoms with Gasteiger partial charge in [-0.25, -0.2) is 0 Å². The van der Waals surface area contributed by atoms with Gasteiger partial charge in [-0.3, -0.25) is 0 Å². The van der Waals surface area contributed by atoms with Gasteiger partial charge in [-0.05, 0) is 12.2 Å². The van der Waals surface area contributed by atoms with Gasteiger partial charge in [0.05, 0.1) is 12.5 Å². The van der Waals surface area contributed by atoms with Crippen molar-refractivity contribution in [2.24, 2.45) is 0 Å². The summed E-state index contributed by atoms with van der Waals surface area (Å²) in [4.78, 5) is 13.2. The van der Waals surface area contributed by atoms with Gasteiger partial charge < -0.3 is 19.7 Å². The number of likely N-dealkylation sites (N-methyl/N-ethyl adjacent to an activating group) is 1. The Morgan fingerprint density at radius 1 is 1.45 bits per heavy atom. The molecule has 0 aromatic rings. The van der Waals surface area contributed by atoms with Crippen molar-refractivity contribution in [3.8, 4) is 0 Å². The number of rotatable bonds is 2. The maximum atomic E-state index is 10.1. The molecule has 0 N–H and O–H groups in total. The van der Waals surface area contributed by atoms with E-state index in [0.717, 1.165) is 0 Å². The average Bonchev–Trinajstić information content (AvgIpc) is 1.84. The summed E-state index contributed by atoms with van der Waals surface area (Å²) < 4.78 is 0. The van der Waals surface area contributed by atoms with Crippen LogP contribution in [0, 0.1) is 0 Å². The molecule has 0 aliphatic rings. The number of carbonyl (C=O) groups excluding carboxylic acids is 1. The van der Waals surface area contributed by atoms with E-state index in [2.05, 4.69) is 0 Å². The van der Waals surface area contributed by atoms with Gasteiger partial charge in [-0.2, -0.15) is 0 Å². The molecule has 11 heavy (non-hydrogen) atoms. The SMILES string of the molecule is CN(C)C(=S)N(C)CC(=O)[O-]. The third-order valence-electron chi connectivity index (χ3n) is 1.08. The summed E-state index contributed by atoms with van der Waals surface area (Å²) in [6.45, 7) is -0.170. The fourth-order valence-corrected chi connectivity index (χ4v) is 0.667. The second-order valence-electron chi connectivity index (χ2n) is 2.41. The molecule has 0 rings (SSSR count). The molecule has 0 atom stereocenters. The molecule has 64 valence electrons. The molecule has 0 unspecified atom stereocenters. The van der Waals surface area contributed by atoms with E-state index in [0.29, 0.717) is 5.11 Å². The number of carboxylic acids is 1. The van der Waals surface area contributed by atoms with Crippen molar-refractivity contribution >= 4 is 23.3 Å². The van der Waals surface area contributed by atoms with Crippen molar-refractivity contribution in [1.29, 1.82) is 0 Å². The lowest BCUT2D eigenvalue weighted by atomic mass is 10.6. The smallest absolute Gasteiger partial charge is 0.171 e. The van der Waals surface area contributed by atoms with Crippen molar-refractivity contribution in [1.82, 2.24) is 9.80 Å². The first kappa shape index (κ1) is 10.2. The molecular weight excluding hydrogens is 164 g/mol. The third-order valence-corrected chi connectivity index (χ3v) is 1.75. The zero-order valence-electron chi connectivity index (χ0n) is 6.83. The minimum Gasteiger partial charge on any atom is -0.548 e. The lowest BCUT2D eigenvalue weighted by Gasteiger charge is -2.25. The summed E-state index contributed by atoms with van der Waals surface area (Å²) in [7, 11) is 5.13. The molecule has 0 bridgehead atoms. The lowest BCUT2D eigenvalue weighted by Crippen LogP contribution is -2.43. The maximum Gasteiger partial charge on any atom is 0.171 e. The number of hydrogen-bond acceptors (Lipinski definition) is 3. The summed E-state index contributed by atoms with van der Waals surface area (Å²) in [5, 5.41) is 10.6. The van der Waals surface area contributed by atoms with Crippen LogP contribution < -0.4 is 5.11 Å². The van der Waals surface area contributed by atoms with Crippen LogP contribution >= 0.6 is 12.2 Å². The highest BCUT2D eigenvalue weighted by atomic mass is 32.1. The van der Waals surface area contributed by atoms with Crippen LogP contribution in [0.3, 0.4) is 0 Å². The van der Waals surface area contributed by atoms with Crippen molar-refractivity contribution in [3.63, 3.8) is 0 Å². The monoisotopic (exact) mass is 175 g/mol. The summed E-state index contributed by atoms with van der Waals surface area (Å²) in [5.41, 5.74) is 0. The first-order valence-corrected chi connectivity index (χ1v) is 3.48. The van der Waals surface area contributed by atoms with Crippen LogP contribution in [0.5, 0.6) is 0 Å². The summed E-state index contributed by atoms with van der Waals surface area (Å²) in [6.07, 6.45) is 0. The Labute approximate surface area is 71.4 Å². The Bertz CT molecular complexity index is 170. The first-order chi connectivity index (χ1) is 4.95. The van der Waals surface area contributed by atoms with Gasteiger partial charge in [0.25, 0.3) is 0 Å². The quantitative estimate of drug-likeness (QED) is 0.479. The first-order valence-electron chi connectivity index (χ1n) is 3.07. The average molecular weight is 175 g/mol. The Morgan fingerprint density at radius 2 is 1.91 bits per heavy atom. The molecule has 0 aliphatic heterocycles. The third kappa shape index (κ3) is 3.77. The van der Waals surface area contributed by atoms with E-state index in [9.17, 15) is 9.90 Å². The van der Waals surface area contributed by atoms with Crippen molar-refractivity contribution in [2.45, 2.75) is 0 Å². The molecule has 4 nitrogen and oxygen atoms in total. The van der Waals surface area contributed by atoms with Gasteiger partial charge >= 0.3 is 0 Å². The second-order valence-corrected chi connectivity index (χ2v) is 2.77. The lowest BCUT2D eigenvalue weighted by molar-refractivity contribution is -0.305. The van der Waals surface area contributed by atoms with Crippen LogP contribution in [-0.4, -0.2) is 48.6 Å². The number of carboxylic acid groups (broad SMARTS) is 1. The van der Waals surface area contributed by atoms with Gasteiger partial charge in [0, 0.05) is 21.1 Å². The van der Waals surface area contributed by atoms with Crippen LogP contribution in [0.1, 0.15) is 0 Å². The minimum atomic E-state index is -1.13. The van der Waals surface area contributed by atoms with E-state index in [1.807, 2.05) is 0 Å². The molecule has 0 aromatic carbocycles. The molecule has 0 saturated carbocycles. The highest BCUT2D eigenvalue weighted by molar-refractivity contribution is 7.80. The number of thiocarbonyl (C=S) groups is 1. The molecule has 0 amide bonds. The zero-order valence-corrected chi connectivity index (χ0v) is 7.64. The highest BCUT2D eigenvalue weighted by Crippen LogP contribution is 1.89. The minimum absolute atomic E-state index is 0.170. The zero-order chi connectivity index (χ0) is 9.02. The normalized spacial score (nSPS) is 9.00. The number of hydrogen-bond donors (Lipinski definition) is 0. The van der Waals surface area contributed by atoms with Crippen LogP contribution in [0.2, 0.25) is 0 Å². The van der Waals surface area contributed by atoms with Crippen molar-refractivity contribution in [3.05, 3.63) is 0 Å². The Morgan fingerprint density at radius 3 is 2.18 bits per heavy atom. The van der Waals surface area contributed by atoms with Crippen LogP contribution in [0.25, 0.3) is 0 Å². The Hall–Kier alpha value is -0.840. The van der Waals surface area contributed by atoms with Crippen molar-refractivity contribution < 1.29 is 9.90 Å². The molecule has 0 heterocycles. The molecule has 0 aliphatic carbocycles. The Balaban J connectivity index is 3.93. The van der Waals surface area contributed by atoms with Crippen LogP contribution in [-0.2, 0) is 4.79 Å². The predicted molar refractivity (Wildman–Crippen MR) is 43.9 cm³/mol. The molecule has 0 radical (unpaired) electrons. The predicted octanol–water partition coefficient (Wildman–Crippen LogP) is -1.49. The van der Waals surface area contributed by atoms with Crippen LogP contribution in [0.4, 0.5) is 0 Å². The van der Waals surface area contributed by atoms with E-state index in [1.165, 1.54) is 4.90 Å². The van der Waals surface area contributed by atoms with E-state index >= 15 is 0 Å². The van der Waals surface area contributed by atoms with Crippen molar-refractivity contribution in [2.75, 3.05) is 27.7 Å². The van der Waals surface area contributed by atoms with Gasteiger partial charge in [0.15, 0.2) is 5.11 Å². The maximum absolute atomic E-state index is 10.1. The van der Waals surface area contributed by atoms with Crippen LogP contribution in [0.15, 0.2) is 0 Å². The fraction of sp³-hybridized carbons (Fsp3) is 0.667. The second kappa shape index (κ2) is 4.12. The Kier molecular flexibility index (Phi) is 3.81. The summed E-state index contributed by atoms with van der Waals surface area (Å²) in [6, 6.07) is 0. The fourth-order valence-electron chi connectivity index (χ4n) is 0.603.